The van der Waals surface area contributed by atoms with Gasteiger partial charge >= 0.3 is 0 Å². The van der Waals surface area contributed by atoms with Gasteiger partial charge in [0.25, 0.3) is 0 Å². The lowest BCUT2D eigenvalue weighted by molar-refractivity contribution is 0.308. The minimum absolute atomic E-state index is 0.745. The Balaban J connectivity index is 1.87. The van der Waals surface area contributed by atoms with Gasteiger partial charge in [0.1, 0.15) is 0 Å². The summed E-state index contributed by atoms with van der Waals surface area (Å²) >= 11 is 0. The van der Waals surface area contributed by atoms with Crippen LogP contribution in [0.4, 0.5) is 0 Å². The summed E-state index contributed by atoms with van der Waals surface area (Å²) < 4.78 is 0. The average Bonchev–Trinajstić information content (AvgIpc) is 3.29. The standard InChI is InChI=1S/C18H23N3/c1-12-4-3-5-14-15(10-19-13-6-7-13)16-11-21(2)9-8-17(16)20-18(12)14/h3-5,13,19H,6-11H2,1-2H3. The molecule has 0 spiro atoms. The Kier molecular flexibility index (Phi) is 3.20. The summed E-state index contributed by atoms with van der Waals surface area (Å²) in [4.78, 5) is 7.41. The summed E-state index contributed by atoms with van der Waals surface area (Å²) in [5.41, 5.74) is 6.77. The fourth-order valence-corrected chi connectivity index (χ4v) is 3.37. The maximum Gasteiger partial charge on any atom is 0.0737 e. The first-order valence-electron chi connectivity index (χ1n) is 8.04. The molecule has 0 atom stereocenters. The van der Waals surface area contributed by atoms with Crippen LogP contribution in [0, 0.1) is 6.92 Å². The molecule has 2 aliphatic rings. The molecule has 1 saturated carbocycles. The second-order valence-electron chi connectivity index (χ2n) is 6.63. The number of benzene rings is 1. The largest absolute Gasteiger partial charge is 0.310 e. The number of aryl methyl sites for hydroxylation is 1. The SMILES string of the molecule is Cc1cccc2c(CNC3CC3)c3c(nc12)CCN(C)C3. The zero-order valence-electron chi connectivity index (χ0n) is 12.9. The Morgan fingerprint density at radius 1 is 1.33 bits per heavy atom. The predicted octanol–water partition coefficient (Wildman–Crippen LogP) is 2.78. The van der Waals surface area contributed by atoms with Gasteiger partial charge in [-0.25, -0.2) is 0 Å². The normalized spacial score (nSPS) is 19.0. The van der Waals surface area contributed by atoms with Crippen LogP contribution in [-0.4, -0.2) is 29.5 Å². The molecular formula is C18H23N3. The van der Waals surface area contributed by atoms with Crippen molar-refractivity contribution in [2.24, 2.45) is 0 Å². The highest BCUT2D eigenvalue weighted by Crippen LogP contribution is 2.30. The van der Waals surface area contributed by atoms with Crippen molar-refractivity contribution in [2.45, 2.75) is 45.3 Å². The van der Waals surface area contributed by atoms with Crippen LogP contribution in [0.3, 0.4) is 0 Å². The number of nitrogens with one attached hydrogen (secondary N) is 1. The molecule has 1 aromatic carbocycles. The smallest absolute Gasteiger partial charge is 0.0737 e. The highest BCUT2D eigenvalue weighted by molar-refractivity contribution is 5.86. The van der Waals surface area contributed by atoms with Gasteiger partial charge < -0.3 is 10.2 Å². The number of fused-ring (bicyclic) bond motifs is 2. The average molecular weight is 281 g/mol. The molecule has 0 bridgehead atoms. The fraction of sp³-hybridized carbons (Fsp3) is 0.500. The number of nitrogens with zero attached hydrogens (tertiary/aromatic N) is 2. The first kappa shape index (κ1) is 13.2. The van der Waals surface area contributed by atoms with Crippen LogP contribution in [0.15, 0.2) is 18.2 Å². The van der Waals surface area contributed by atoms with Crippen molar-refractivity contribution in [1.82, 2.24) is 15.2 Å². The van der Waals surface area contributed by atoms with E-state index in [0.29, 0.717) is 0 Å². The first-order chi connectivity index (χ1) is 10.2. The van der Waals surface area contributed by atoms with Gasteiger partial charge in [0, 0.05) is 43.2 Å². The van der Waals surface area contributed by atoms with Gasteiger partial charge in [-0.3, -0.25) is 4.98 Å². The van der Waals surface area contributed by atoms with E-state index >= 15 is 0 Å². The van der Waals surface area contributed by atoms with Crippen molar-refractivity contribution in [3.05, 3.63) is 40.6 Å². The third kappa shape index (κ3) is 2.45. The quantitative estimate of drug-likeness (QED) is 0.937. The molecule has 3 nitrogen and oxygen atoms in total. The molecule has 110 valence electrons. The maximum absolute atomic E-state index is 5.00. The maximum atomic E-state index is 5.00. The van der Waals surface area contributed by atoms with Crippen LogP contribution in [-0.2, 0) is 19.5 Å². The van der Waals surface area contributed by atoms with E-state index in [4.69, 9.17) is 4.98 Å². The summed E-state index contributed by atoms with van der Waals surface area (Å²) in [6.45, 7) is 5.32. The molecule has 0 saturated heterocycles. The zero-order valence-corrected chi connectivity index (χ0v) is 12.9. The number of pyridine rings is 1. The second kappa shape index (κ2) is 5.08. The van der Waals surface area contributed by atoms with Crippen LogP contribution < -0.4 is 5.32 Å². The highest BCUT2D eigenvalue weighted by Gasteiger charge is 2.24. The fourth-order valence-electron chi connectivity index (χ4n) is 3.37. The van der Waals surface area contributed by atoms with Crippen molar-refractivity contribution < 1.29 is 0 Å². The Labute approximate surface area is 126 Å². The van der Waals surface area contributed by atoms with Gasteiger partial charge in [-0.2, -0.15) is 0 Å². The topological polar surface area (TPSA) is 28.2 Å². The second-order valence-corrected chi connectivity index (χ2v) is 6.63. The van der Waals surface area contributed by atoms with Crippen molar-refractivity contribution in [1.29, 1.82) is 0 Å². The summed E-state index contributed by atoms with van der Waals surface area (Å²) in [5, 5.41) is 5.05. The van der Waals surface area contributed by atoms with Crippen molar-refractivity contribution in [3.8, 4) is 0 Å². The number of para-hydroxylation sites is 1. The van der Waals surface area contributed by atoms with Crippen molar-refractivity contribution >= 4 is 10.9 Å². The molecule has 1 fully saturated rings. The Bertz CT molecular complexity index is 688. The Morgan fingerprint density at radius 2 is 2.19 bits per heavy atom. The number of hydrogen-bond acceptors (Lipinski definition) is 3. The van der Waals surface area contributed by atoms with Gasteiger partial charge in [0.15, 0.2) is 0 Å². The van der Waals surface area contributed by atoms with Crippen LogP contribution in [0.2, 0.25) is 0 Å². The summed E-state index contributed by atoms with van der Waals surface area (Å²) in [6.07, 6.45) is 3.75. The molecule has 0 radical (unpaired) electrons. The monoisotopic (exact) mass is 281 g/mol. The third-order valence-corrected chi connectivity index (χ3v) is 4.83. The van der Waals surface area contributed by atoms with E-state index in [1.807, 2.05) is 0 Å². The number of hydrogen-bond donors (Lipinski definition) is 1. The van der Waals surface area contributed by atoms with E-state index in [1.165, 1.54) is 46.1 Å². The first-order valence-corrected chi connectivity index (χ1v) is 8.04. The molecule has 0 amide bonds. The summed E-state index contributed by atoms with van der Waals surface area (Å²) in [7, 11) is 2.21. The Hall–Kier alpha value is -1.45. The van der Waals surface area contributed by atoms with E-state index < -0.39 is 0 Å². The lowest BCUT2D eigenvalue weighted by Gasteiger charge is -2.27. The predicted molar refractivity (Wildman–Crippen MR) is 86.4 cm³/mol. The number of rotatable bonds is 3. The van der Waals surface area contributed by atoms with Gasteiger partial charge in [-0.15, -0.1) is 0 Å². The van der Waals surface area contributed by atoms with Gasteiger partial charge in [-0.05, 0) is 43.5 Å². The molecule has 1 aliphatic heterocycles. The highest BCUT2D eigenvalue weighted by atomic mass is 15.1. The minimum Gasteiger partial charge on any atom is -0.310 e. The van der Waals surface area contributed by atoms with Gasteiger partial charge in [0.2, 0.25) is 0 Å². The molecule has 4 rings (SSSR count). The lowest BCUT2D eigenvalue weighted by Crippen LogP contribution is -2.29. The zero-order chi connectivity index (χ0) is 14.4. The molecule has 21 heavy (non-hydrogen) atoms. The molecular weight excluding hydrogens is 258 g/mol. The van der Waals surface area contributed by atoms with Gasteiger partial charge in [-0.1, -0.05) is 18.2 Å². The molecule has 1 aromatic heterocycles. The van der Waals surface area contributed by atoms with Crippen LogP contribution in [0.1, 0.15) is 35.2 Å². The summed E-state index contributed by atoms with van der Waals surface area (Å²) in [6, 6.07) is 7.33. The molecule has 2 aromatic rings. The Morgan fingerprint density at radius 3 is 3.00 bits per heavy atom. The van der Waals surface area contributed by atoms with E-state index in [2.05, 4.69) is 42.4 Å². The molecule has 2 heterocycles. The summed E-state index contributed by atoms with van der Waals surface area (Å²) in [5.74, 6) is 0. The molecule has 1 N–H and O–H groups in total. The molecule has 1 aliphatic carbocycles. The molecule has 0 unspecified atom stereocenters. The van der Waals surface area contributed by atoms with E-state index in [9.17, 15) is 0 Å². The van der Waals surface area contributed by atoms with Crippen LogP contribution in [0.5, 0.6) is 0 Å². The lowest BCUT2D eigenvalue weighted by atomic mass is 9.94. The van der Waals surface area contributed by atoms with Crippen molar-refractivity contribution in [3.63, 3.8) is 0 Å². The van der Waals surface area contributed by atoms with Crippen LogP contribution >= 0.6 is 0 Å². The van der Waals surface area contributed by atoms with Crippen molar-refractivity contribution in [2.75, 3.05) is 13.6 Å². The van der Waals surface area contributed by atoms with E-state index in [-0.39, 0.29) is 0 Å². The minimum atomic E-state index is 0.745. The van der Waals surface area contributed by atoms with Gasteiger partial charge in [0.05, 0.1) is 5.52 Å². The number of likely N-dealkylation sites (N-methyl/N-ethyl adjacent to an activating group) is 1. The molecule has 3 heteroatoms. The van der Waals surface area contributed by atoms with E-state index in [1.54, 1.807) is 0 Å². The van der Waals surface area contributed by atoms with Crippen LogP contribution in [0.25, 0.3) is 10.9 Å². The third-order valence-electron chi connectivity index (χ3n) is 4.83. The number of aromatic nitrogens is 1. The van der Waals surface area contributed by atoms with E-state index in [0.717, 1.165) is 32.1 Å².